The van der Waals surface area contributed by atoms with Gasteiger partial charge in [-0.25, -0.2) is 0 Å². The Morgan fingerprint density at radius 1 is 1.21 bits per heavy atom. The molecule has 0 radical (unpaired) electrons. The van der Waals surface area contributed by atoms with Gasteiger partial charge in [-0.15, -0.1) is 0 Å². The maximum Gasteiger partial charge on any atom is 0.272 e. The van der Waals surface area contributed by atoms with Gasteiger partial charge >= 0.3 is 0 Å². The monoisotopic (exact) mass is 331 g/mol. The molecule has 24 heavy (non-hydrogen) atoms. The average molecular weight is 331 g/mol. The lowest BCUT2D eigenvalue weighted by molar-refractivity contribution is -0.138. The summed E-state index contributed by atoms with van der Waals surface area (Å²) in [4.78, 5) is 29.1. The van der Waals surface area contributed by atoms with Crippen molar-refractivity contribution in [3.63, 3.8) is 0 Å². The van der Waals surface area contributed by atoms with Crippen molar-refractivity contribution in [1.29, 1.82) is 0 Å². The summed E-state index contributed by atoms with van der Waals surface area (Å²) < 4.78 is 1.87. The highest BCUT2D eigenvalue weighted by atomic mass is 16.2. The van der Waals surface area contributed by atoms with E-state index in [-0.39, 0.29) is 17.7 Å². The lowest BCUT2D eigenvalue weighted by Gasteiger charge is -2.34. The lowest BCUT2D eigenvalue weighted by atomic mass is 9.96. The molecule has 2 amide bonds. The first-order chi connectivity index (χ1) is 11.6. The molecule has 1 atom stereocenters. The Bertz CT molecular complexity index is 651. The van der Waals surface area contributed by atoms with E-state index in [1.807, 2.05) is 15.6 Å². The molecule has 1 saturated heterocycles. The van der Waals surface area contributed by atoms with E-state index >= 15 is 0 Å². The fourth-order valence-electron chi connectivity index (χ4n) is 3.68. The van der Waals surface area contributed by atoms with E-state index in [1.54, 1.807) is 0 Å². The molecule has 0 unspecified atom stereocenters. The molecule has 1 aromatic heterocycles. The van der Waals surface area contributed by atoms with Crippen molar-refractivity contribution in [3.8, 4) is 0 Å². The number of hydrogen-bond acceptors (Lipinski definition) is 4. The summed E-state index contributed by atoms with van der Waals surface area (Å²) in [6, 6.07) is 2.17. The van der Waals surface area contributed by atoms with Crippen LogP contribution in [0.3, 0.4) is 0 Å². The quantitative estimate of drug-likeness (QED) is 0.873. The van der Waals surface area contributed by atoms with Crippen LogP contribution in [0.15, 0.2) is 6.07 Å². The summed E-state index contributed by atoms with van der Waals surface area (Å²) in [6.07, 6.45) is 4.20. The number of fused-ring (bicyclic) bond motifs is 1. The van der Waals surface area contributed by atoms with E-state index in [1.165, 1.54) is 0 Å². The van der Waals surface area contributed by atoms with Gasteiger partial charge < -0.3 is 15.1 Å². The van der Waals surface area contributed by atoms with Crippen LogP contribution in [-0.4, -0.2) is 64.1 Å². The van der Waals surface area contributed by atoms with Crippen LogP contribution in [-0.2, 0) is 17.9 Å². The normalized spacial score (nSPS) is 24.5. The lowest BCUT2D eigenvalue weighted by Crippen LogP contribution is -2.46. The van der Waals surface area contributed by atoms with Crippen LogP contribution < -0.4 is 5.32 Å². The minimum absolute atomic E-state index is 0.0915. The third-order valence-corrected chi connectivity index (χ3v) is 5.23. The number of rotatable bonds is 3. The van der Waals surface area contributed by atoms with Crippen molar-refractivity contribution in [1.82, 2.24) is 24.9 Å². The Morgan fingerprint density at radius 2 is 2.04 bits per heavy atom. The maximum absolute atomic E-state index is 12.8. The number of nitrogens with one attached hydrogen (secondary N) is 1. The second kappa shape index (κ2) is 6.20. The van der Waals surface area contributed by atoms with Crippen molar-refractivity contribution in [3.05, 3.63) is 17.5 Å². The fraction of sp³-hybridized carbons (Fsp3) is 0.706. The third-order valence-electron chi connectivity index (χ3n) is 5.23. The van der Waals surface area contributed by atoms with Crippen LogP contribution in [0.2, 0.25) is 0 Å². The molecule has 2 aliphatic heterocycles. The molecule has 2 fully saturated rings. The molecule has 0 spiro atoms. The molecule has 1 N–H and O–H groups in total. The van der Waals surface area contributed by atoms with Gasteiger partial charge in [0.05, 0.1) is 24.7 Å². The van der Waals surface area contributed by atoms with Gasteiger partial charge in [0.2, 0.25) is 5.91 Å². The first-order valence-electron chi connectivity index (χ1n) is 8.95. The summed E-state index contributed by atoms with van der Waals surface area (Å²) in [7, 11) is 2.08. The third kappa shape index (κ3) is 3.17. The van der Waals surface area contributed by atoms with Gasteiger partial charge in [0.15, 0.2) is 5.69 Å². The number of nitrogens with zero attached hydrogens (tertiary/aromatic N) is 4. The van der Waals surface area contributed by atoms with Crippen LogP contribution in [0.4, 0.5) is 0 Å². The molecule has 130 valence electrons. The molecule has 3 aliphatic rings. The predicted molar refractivity (Wildman–Crippen MR) is 88.4 cm³/mol. The topological polar surface area (TPSA) is 70.5 Å². The molecule has 1 aromatic rings. The molecule has 7 nitrogen and oxygen atoms in total. The summed E-state index contributed by atoms with van der Waals surface area (Å²) in [5, 5.41) is 7.38. The van der Waals surface area contributed by atoms with E-state index in [9.17, 15) is 9.59 Å². The smallest absolute Gasteiger partial charge is 0.272 e. The number of likely N-dealkylation sites (tertiary alicyclic amines) is 1. The molecule has 0 bridgehead atoms. The van der Waals surface area contributed by atoms with Crippen molar-refractivity contribution in [2.75, 3.05) is 26.7 Å². The van der Waals surface area contributed by atoms with Gasteiger partial charge in [0.25, 0.3) is 5.91 Å². The van der Waals surface area contributed by atoms with Crippen molar-refractivity contribution in [2.24, 2.45) is 5.92 Å². The zero-order chi connectivity index (χ0) is 16.7. The molecule has 1 saturated carbocycles. The molecule has 4 rings (SSSR count). The highest BCUT2D eigenvalue weighted by Crippen LogP contribution is 2.22. The molecule has 0 aromatic carbocycles. The second-order valence-corrected chi connectivity index (χ2v) is 7.35. The number of aromatic nitrogens is 2. The van der Waals surface area contributed by atoms with Crippen molar-refractivity contribution in [2.45, 2.75) is 44.8 Å². The molecule has 3 heterocycles. The van der Waals surface area contributed by atoms with Crippen LogP contribution >= 0.6 is 0 Å². The van der Waals surface area contributed by atoms with E-state index < -0.39 is 0 Å². The summed E-state index contributed by atoms with van der Waals surface area (Å²) in [6.45, 7) is 3.83. The standard InChI is InChI=1S/C17H25N5O2/c1-20-6-2-3-12(10-20)17(24)21-7-8-22-14(11-21)9-15(19-22)16(23)18-13-4-5-13/h9,12-13H,2-8,10-11H2,1H3,(H,18,23)/t12-/m1/s1. The van der Waals surface area contributed by atoms with E-state index in [4.69, 9.17) is 0 Å². The number of carbonyl (C=O) groups excluding carboxylic acids is 2. The molecular formula is C17H25N5O2. The molecule has 1 aliphatic carbocycles. The van der Waals surface area contributed by atoms with E-state index in [0.717, 1.165) is 44.5 Å². The molecule has 7 heteroatoms. The van der Waals surface area contributed by atoms with Crippen LogP contribution in [0, 0.1) is 5.92 Å². The average Bonchev–Trinajstić information content (AvgIpc) is 3.28. The Labute approximate surface area is 142 Å². The highest BCUT2D eigenvalue weighted by Gasteiger charge is 2.31. The SMILES string of the molecule is CN1CCC[C@@H](C(=O)N2CCn3nc(C(=O)NC4CC4)cc3C2)C1. The van der Waals surface area contributed by atoms with Gasteiger partial charge in [0, 0.05) is 19.1 Å². The summed E-state index contributed by atoms with van der Waals surface area (Å²) >= 11 is 0. The first kappa shape index (κ1) is 15.6. The Balaban J connectivity index is 1.42. The van der Waals surface area contributed by atoms with Crippen molar-refractivity contribution < 1.29 is 9.59 Å². The predicted octanol–water partition coefficient (Wildman–Crippen LogP) is 0.459. The van der Waals surface area contributed by atoms with Crippen LogP contribution in [0.5, 0.6) is 0 Å². The second-order valence-electron chi connectivity index (χ2n) is 7.35. The minimum atomic E-state index is -0.0915. The highest BCUT2D eigenvalue weighted by molar-refractivity contribution is 5.92. The van der Waals surface area contributed by atoms with Gasteiger partial charge in [-0.3, -0.25) is 14.3 Å². The van der Waals surface area contributed by atoms with Crippen LogP contribution in [0.25, 0.3) is 0 Å². The van der Waals surface area contributed by atoms with Gasteiger partial charge in [-0.2, -0.15) is 5.10 Å². The minimum Gasteiger partial charge on any atom is -0.348 e. The molecular weight excluding hydrogens is 306 g/mol. The Morgan fingerprint density at radius 3 is 2.79 bits per heavy atom. The fourth-order valence-corrected chi connectivity index (χ4v) is 3.68. The number of piperidine rings is 1. The first-order valence-corrected chi connectivity index (χ1v) is 8.95. The van der Waals surface area contributed by atoms with E-state index in [2.05, 4.69) is 22.4 Å². The zero-order valence-electron chi connectivity index (χ0n) is 14.2. The summed E-state index contributed by atoms with van der Waals surface area (Å²) in [5.74, 6) is 0.264. The number of carbonyl (C=O) groups is 2. The Hall–Kier alpha value is -1.89. The Kier molecular flexibility index (Phi) is 4.04. The summed E-state index contributed by atoms with van der Waals surface area (Å²) in [5.41, 5.74) is 1.43. The number of amides is 2. The van der Waals surface area contributed by atoms with Gasteiger partial charge in [0.1, 0.15) is 0 Å². The van der Waals surface area contributed by atoms with E-state index in [0.29, 0.717) is 31.4 Å². The van der Waals surface area contributed by atoms with Crippen LogP contribution in [0.1, 0.15) is 41.9 Å². The maximum atomic E-state index is 12.8. The number of hydrogen-bond donors (Lipinski definition) is 1. The zero-order valence-corrected chi connectivity index (χ0v) is 14.2. The van der Waals surface area contributed by atoms with Gasteiger partial charge in [-0.05, 0) is 45.3 Å². The van der Waals surface area contributed by atoms with Gasteiger partial charge in [-0.1, -0.05) is 0 Å². The largest absolute Gasteiger partial charge is 0.348 e. The van der Waals surface area contributed by atoms with Crippen molar-refractivity contribution >= 4 is 11.8 Å².